The average molecular weight is 388 g/mol. The van der Waals surface area contributed by atoms with Gasteiger partial charge in [-0.15, -0.1) is 6.58 Å². The van der Waals surface area contributed by atoms with E-state index in [0.29, 0.717) is 17.7 Å². The lowest BCUT2D eigenvalue weighted by Gasteiger charge is -2.31. The van der Waals surface area contributed by atoms with E-state index in [1.807, 2.05) is 30.3 Å². The molecule has 4 heteroatoms. The third kappa shape index (κ3) is 4.20. The Balaban J connectivity index is 2.46. The highest BCUT2D eigenvalue weighted by atomic mass is 79.9. The Labute approximate surface area is 150 Å². The van der Waals surface area contributed by atoms with Crippen LogP contribution in [0.3, 0.4) is 0 Å². The molecule has 2 rings (SSSR count). The molecule has 2 aromatic rings. The van der Waals surface area contributed by atoms with Crippen molar-refractivity contribution in [1.29, 1.82) is 0 Å². The lowest BCUT2D eigenvalue weighted by atomic mass is 10.0. The maximum Gasteiger partial charge on any atom is 0.249 e. The molecule has 0 bridgehead atoms. The summed E-state index contributed by atoms with van der Waals surface area (Å²) in [5.74, 6) is -0.553. The van der Waals surface area contributed by atoms with E-state index in [9.17, 15) is 9.18 Å². The molecule has 0 fully saturated rings. The molecule has 24 heavy (non-hydrogen) atoms. The first-order valence-corrected chi connectivity index (χ1v) is 8.31. The van der Waals surface area contributed by atoms with Gasteiger partial charge in [-0.05, 0) is 36.2 Å². The zero-order valence-electron chi connectivity index (χ0n) is 13.5. The van der Waals surface area contributed by atoms with Crippen molar-refractivity contribution in [2.24, 2.45) is 0 Å². The van der Waals surface area contributed by atoms with Crippen LogP contribution in [0.15, 0.2) is 77.8 Å². The Morgan fingerprint density at radius 2 is 1.96 bits per heavy atom. The molecular weight excluding hydrogens is 369 g/mol. The summed E-state index contributed by atoms with van der Waals surface area (Å²) in [4.78, 5) is 14.3. The number of hydrogen-bond acceptors (Lipinski definition) is 1. The number of halogens is 2. The zero-order chi connectivity index (χ0) is 17.7. The van der Waals surface area contributed by atoms with E-state index in [4.69, 9.17) is 0 Å². The molecule has 0 aliphatic rings. The van der Waals surface area contributed by atoms with Gasteiger partial charge in [0, 0.05) is 16.6 Å². The van der Waals surface area contributed by atoms with Crippen LogP contribution < -0.4 is 0 Å². The van der Waals surface area contributed by atoms with Gasteiger partial charge in [-0.1, -0.05) is 58.9 Å². The Kier molecular flexibility index (Phi) is 6.10. The highest BCUT2D eigenvalue weighted by Gasteiger charge is 2.25. The highest BCUT2D eigenvalue weighted by Crippen LogP contribution is 2.31. The number of hydrogen-bond donors (Lipinski definition) is 0. The van der Waals surface area contributed by atoms with E-state index in [2.05, 4.69) is 29.1 Å². The van der Waals surface area contributed by atoms with Gasteiger partial charge in [-0.2, -0.15) is 0 Å². The SMILES string of the molecule is C=CC(c1cc(F)ccc1Br)N(Cc1ccccc1)C(=O)C(=C)C. The standard InChI is InChI=1S/C20H19BrFNO/c1-4-19(17-12-16(22)10-11-18(17)21)23(20(24)14(2)3)13-15-8-6-5-7-9-15/h4-12,19H,1-2,13H2,3H3. The maximum absolute atomic E-state index is 13.7. The van der Waals surface area contributed by atoms with E-state index in [1.165, 1.54) is 12.1 Å². The number of nitrogens with zero attached hydrogens (tertiary/aromatic N) is 1. The number of rotatable bonds is 6. The molecule has 0 saturated carbocycles. The van der Waals surface area contributed by atoms with Crippen molar-refractivity contribution in [1.82, 2.24) is 4.90 Å². The number of benzene rings is 2. The number of carbonyl (C=O) groups excluding carboxylic acids is 1. The third-order valence-electron chi connectivity index (χ3n) is 3.66. The maximum atomic E-state index is 13.7. The van der Waals surface area contributed by atoms with Crippen molar-refractivity contribution < 1.29 is 9.18 Å². The van der Waals surface area contributed by atoms with Crippen LogP contribution in [0.5, 0.6) is 0 Å². The second kappa shape index (κ2) is 8.06. The van der Waals surface area contributed by atoms with Crippen LogP contribution in [0.25, 0.3) is 0 Å². The van der Waals surface area contributed by atoms with Gasteiger partial charge in [0.25, 0.3) is 0 Å². The molecule has 0 aromatic heterocycles. The first-order valence-electron chi connectivity index (χ1n) is 7.52. The molecule has 0 aliphatic heterocycles. The van der Waals surface area contributed by atoms with E-state index in [1.54, 1.807) is 24.0 Å². The fourth-order valence-corrected chi connectivity index (χ4v) is 2.97. The lowest BCUT2D eigenvalue weighted by molar-refractivity contribution is -0.129. The quantitative estimate of drug-likeness (QED) is 0.478. The topological polar surface area (TPSA) is 20.3 Å². The van der Waals surface area contributed by atoms with Crippen LogP contribution in [-0.2, 0) is 11.3 Å². The second-order valence-corrected chi connectivity index (χ2v) is 6.40. The van der Waals surface area contributed by atoms with Crippen molar-refractivity contribution in [3.63, 3.8) is 0 Å². The summed E-state index contributed by atoms with van der Waals surface area (Å²) < 4.78 is 14.4. The van der Waals surface area contributed by atoms with Crippen molar-refractivity contribution >= 4 is 21.8 Å². The molecule has 0 radical (unpaired) electrons. The van der Waals surface area contributed by atoms with Gasteiger partial charge in [0.15, 0.2) is 0 Å². The summed E-state index contributed by atoms with van der Waals surface area (Å²) in [6.07, 6.45) is 1.64. The molecule has 2 nitrogen and oxygen atoms in total. The first kappa shape index (κ1) is 18.1. The molecule has 124 valence electrons. The van der Waals surface area contributed by atoms with E-state index in [0.717, 1.165) is 10.0 Å². The fourth-order valence-electron chi connectivity index (χ4n) is 2.49. The summed E-state index contributed by atoms with van der Waals surface area (Å²) >= 11 is 3.44. The van der Waals surface area contributed by atoms with Gasteiger partial charge in [-0.3, -0.25) is 4.79 Å². The molecule has 1 amide bonds. The molecule has 2 aromatic carbocycles. The zero-order valence-corrected chi connectivity index (χ0v) is 15.1. The predicted octanol–water partition coefficient (Wildman–Crippen LogP) is 5.42. The summed E-state index contributed by atoms with van der Waals surface area (Å²) in [6, 6.07) is 13.6. The summed E-state index contributed by atoms with van der Waals surface area (Å²) in [6.45, 7) is 9.65. The van der Waals surface area contributed by atoms with Crippen molar-refractivity contribution in [3.8, 4) is 0 Å². The number of carbonyl (C=O) groups is 1. The molecule has 1 unspecified atom stereocenters. The normalized spacial score (nSPS) is 11.6. The minimum absolute atomic E-state index is 0.195. The van der Waals surface area contributed by atoms with Crippen LogP contribution in [0.4, 0.5) is 4.39 Å². The Morgan fingerprint density at radius 1 is 1.29 bits per heavy atom. The summed E-state index contributed by atoms with van der Waals surface area (Å²) in [7, 11) is 0. The smallest absolute Gasteiger partial charge is 0.249 e. The monoisotopic (exact) mass is 387 g/mol. The number of amides is 1. The van der Waals surface area contributed by atoms with Gasteiger partial charge in [0.1, 0.15) is 5.82 Å². The molecule has 0 spiro atoms. The minimum Gasteiger partial charge on any atom is -0.324 e. The van der Waals surface area contributed by atoms with Crippen LogP contribution in [-0.4, -0.2) is 10.8 Å². The minimum atomic E-state index is -0.473. The molecule has 0 aliphatic carbocycles. The van der Waals surface area contributed by atoms with E-state index < -0.39 is 6.04 Å². The summed E-state index contributed by atoms with van der Waals surface area (Å²) in [5.41, 5.74) is 2.05. The van der Waals surface area contributed by atoms with Crippen molar-refractivity contribution in [2.45, 2.75) is 19.5 Å². The molecular formula is C20H19BrFNO. The molecule has 0 heterocycles. The van der Waals surface area contributed by atoms with Gasteiger partial charge < -0.3 is 4.90 Å². The van der Waals surface area contributed by atoms with Gasteiger partial charge in [-0.25, -0.2) is 4.39 Å². The Hall–Kier alpha value is -2.20. The second-order valence-electron chi connectivity index (χ2n) is 5.55. The summed E-state index contributed by atoms with van der Waals surface area (Å²) in [5, 5.41) is 0. The Bertz CT molecular complexity index is 757. The average Bonchev–Trinajstić information content (AvgIpc) is 2.57. The Morgan fingerprint density at radius 3 is 2.54 bits per heavy atom. The van der Waals surface area contributed by atoms with Gasteiger partial charge >= 0.3 is 0 Å². The fraction of sp³-hybridized carbons (Fsp3) is 0.150. The van der Waals surface area contributed by atoms with E-state index in [-0.39, 0.29) is 11.7 Å². The molecule has 0 N–H and O–H groups in total. The lowest BCUT2D eigenvalue weighted by Crippen LogP contribution is -2.34. The van der Waals surface area contributed by atoms with Crippen molar-refractivity contribution in [3.05, 3.63) is 94.8 Å². The largest absolute Gasteiger partial charge is 0.324 e. The predicted molar refractivity (Wildman–Crippen MR) is 98.8 cm³/mol. The van der Waals surface area contributed by atoms with Crippen LogP contribution in [0.1, 0.15) is 24.1 Å². The van der Waals surface area contributed by atoms with Crippen LogP contribution in [0.2, 0.25) is 0 Å². The van der Waals surface area contributed by atoms with Gasteiger partial charge in [0.2, 0.25) is 5.91 Å². The first-order chi connectivity index (χ1) is 11.4. The van der Waals surface area contributed by atoms with Crippen LogP contribution >= 0.6 is 15.9 Å². The molecule has 0 saturated heterocycles. The van der Waals surface area contributed by atoms with E-state index >= 15 is 0 Å². The van der Waals surface area contributed by atoms with Crippen LogP contribution in [0, 0.1) is 5.82 Å². The van der Waals surface area contributed by atoms with Gasteiger partial charge in [0.05, 0.1) is 6.04 Å². The third-order valence-corrected chi connectivity index (χ3v) is 4.38. The highest BCUT2D eigenvalue weighted by molar-refractivity contribution is 9.10. The van der Waals surface area contributed by atoms with Crippen molar-refractivity contribution in [2.75, 3.05) is 0 Å². The molecule has 1 atom stereocenters.